The number of allylic oxidation sites excluding steroid dienone is 4. The van der Waals surface area contributed by atoms with E-state index in [4.69, 9.17) is 9.98 Å². The van der Waals surface area contributed by atoms with Crippen LogP contribution in [-0.4, -0.2) is 11.7 Å². The van der Waals surface area contributed by atoms with Gasteiger partial charge < -0.3 is 5.32 Å². The summed E-state index contributed by atoms with van der Waals surface area (Å²) in [5, 5.41) is 8.26. The van der Waals surface area contributed by atoms with E-state index in [0.717, 1.165) is 44.9 Å². The van der Waals surface area contributed by atoms with Crippen LogP contribution in [0.1, 0.15) is 72.9 Å². The van der Waals surface area contributed by atoms with Crippen LogP contribution >= 0.6 is 11.8 Å². The molecule has 0 saturated carbocycles. The van der Waals surface area contributed by atoms with Crippen molar-refractivity contribution in [3.63, 3.8) is 0 Å². The fourth-order valence-electron chi connectivity index (χ4n) is 12.3. The number of rotatable bonds is 3. The van der Waals surface area contributed by atoms with E-state index in [0.29, 0.717) is 0 Å². The Hall–Kier alpha value is -8.05. The second-order valence-corrected chi connectivity index (χ2v) is 18.9. The van der Waals surface area contributed by atoms with Crippen molar-refractivity contribution in [2.24, 2.45) is 9.98 Å². The number of amidine groups is 2. The quantitative estimate of drug-likeness (QED) is 0.192. The van der Waals surface area contributed by atoms with Gasteiger partial charge in [0.25, 0.3) is 0 Å². The molecule has 0 saturated heterocycles. The molecule has 314 valence electrons. The Morgan fingerprint density at radius 1 is 0.448 bits per heavy atom. The van der Waals surface area contributed by atoms with Crippen molar-refractivity contribution in [3.8, 4) is 22.3 Å². The highest BCUT2D eigenvalue weighted by Crippen LogP contribution is 2.69. The van der Waals surface area contributed by atoms with Gasteiger partial charge in [0.1, 0.15) is 11.7 Å². The van der Waals surface area contributed by atoms with E-state index in [1.165, 1.54) is 77.0 Å². The highest BCUT2D eigenvalue weighted by atomic mass is 32.2. The lowest BCUT2D eigenvalue weighted by atomic mass is 9.52. The molecule has 1 N–H and O–H groups in total. The van der Waals surface area contributed by atoms with Crippen molar-refractivity contribution < 1.29 is 0 Å². The highest BCUT2D eigenvalue weighted by molar-refractivity contribution is 8.02. The van der Waals surface area contributed by atoms with Gasteiger partial charge in [-0.2, -0.15) is 0 Å². The Bertz CT molecular complexity index is 3640. The number of aliphatic imine (C=N–C) groups is 2. The van der Waals surface area contributed by atoms with Crippen LogP contribution < -0.4 is 5.32 Å². The van der Waals surface area contributed by atoms with Crippen LogP contribution in [0.25, 0.3) is 38.6 Å². The second kappa shape index (κ2) is 14.5. The van der Waals surface area contributed by atoms with Crippen molar-refractivity contribution in [1.82, 2.24) is 5.32 Å². The summed E-state index contributed by atoms with van der Waals surface area (Å²) in [6.07, 6.45) is 5.83. The third kappa shape index (κ3) is 5.14. The molecule has 3 aliphatic carbocycles. The molecule has 5 aliphatic rings. The number of fused-ring (bicyclic) bond motifs is 19. The van der Waals surface area contributed by atoms with E-state index < -0.39 is 17.0 Å². The van der Waals surface area contributed by atoms with Crippen LogP contribution in [0.3, 0.4) is 0 Å². The first-order chi connectivity index (χ1) is 33.2. The zero-order valence-corrected chi connectivity index (χ0v) is 37.3. The Labute approximate surface area is 394 Å². The molecule has 9 aromatic carbocycles. The fraction of sp³-hybridized carbons (Fsp3) is 0.0476. The van der Waals surface area contributed by atoms with Crippen LogP contribution in [0.5, 0.6) is 0 Å². The number of benzene rings is 9. The van der Waals surface area contributed by atoms with Gasteiger partial charge in [-0.3, -0.25) is 0 Å². The fourth-order valence-corrected chi connectivity index (χ4v) is 13.3. The molecule has 0 aromatic heterocycles. The van der Waals surface area contributed by atoms with Gasteiger partial charge in [-0.15, -0.1) is 0 Å². The standard InChI is InChI=1S/C63H41N3S/c1-39-19-15-16-38-67-58-42(39)36-37-47-56-48(61-65-59(41-21-3-2-4-22-41)64-60(66-61)46-27-17-23-40-20-5-6-24-43(40)46)28-18-35-55(56)63(57(47)58)53-33-13-11-31-51(53)62(52-32-12-14-34-54(52)63)49-29-9-7-25-44(49)45-26-8-10-30-50(45)62/h2-38,61H,1H2,(H,64,65,66)/b19-15-,38-16-. The number of thioether (sulfide) groups is 1. The van der Waals surface area contributed by atoms with E-state index in [1.807, 2.05) is 0 Å². The van der Waals surface area contributed by atoms with E-state index in [2.05, 4.69) is 236 Å². The predicted molar refractivity (Wildman–Crippen MR) is 277 cm³/mol. The summed E-state index contributed by atoms with van der Waals surface area (Å²) in [7, 11) is 0. The van der Waals surface area contributed by atoms with Crippen LogP contribution in [-0.2, 0) is 10.8 Å². The molecule has 0 amide bonds. The largest absolute Gasteiger partial charge is 0.324 e. The molecule has 2 aliphatic heterocycles. The molecule has 0 fully saturated rings. The lowest BCUT2D eigenvalue weighted by molar-refractivity contribution is 0.626. The lowest BCUT2D eigenvalue weighted by Gasteiger charge is -2.49. The number of nitrogens with one attached hydrogen (secondary N) is 1. The van der Waals surface area contributed by atoms with Crippen LogP contribution in [0, 0.1) is 0 Å². The third-order valence-electron chi connectivity index (χ3n) is 14.9. The molecule has 1 atom stereocenters. The maximum absolute atomic E-state index is 5.63. The number of nitrogens with zero attached hydrogens (tertiary/aromatic N) is 2. The van der Waals surface area contributed by atoms with Gasteiger partial charge in [-0.1, -0.05) is 237 Å². The van der Waals surface area contributed by atoms with Crippen molar-refractivity contribution in [1.29, 1.82) is 0 Å². The Balaban J connectivity index is 1.11. The Kier molecular flexibility index (Phi) is 8.26. The SMILES string of the molecule is C=C1/C=C\C=C/Sc2c1ccc1c2C2(c3ccccc3C3(c4ccccc4-c4ccccc43)c3ccccc32)c2cccc(C3N=C(c4ccccc4)NC(c4cccc5ccccc45)=N3)c2-1. The van der Waals surface area contributed by atoms with E-state index >= 15 is 0 Å². The van der Waals surface area contributed by atoms with Crippen molar-refractivity contribution in [3.05, 3.63) is 297 Å². The molecule has 0 bridgehead atoms. The summed E-state index contributed by atoms with van der Waals surface area (Å²) in [5.41, 5.74) is 19.3. The first kappa shape index (κ1) is 38.2. The normalized spacial score (nSPS) is 18.1. The first-order valence-electron chi connectivity index (χ1n) is 23.0. The summed E-state index contributed by atoms with van der Waals surface area (Å²) in [6, 6.07) is 73.9. The first-order valence-corrected chi connectivity index (χ1v) is 23.9. The average molecular weight is 872 g/mol. The van der Waals surface area contributed by atoms with Crippen molar-refractivity contribution in [2.45, 2.75) is 21.9 Å². The molecule has 2 heterocycles. The molecule has 9 aromatic rings. The van der Waals surface area contributed by atoms with Gasteiger partial charge in [-0.25, -0.2) is 9.98 Å². The summed E-state index contributed by atoms with van der Waals surface area (Å²) in [5.74, 6) is 1.60. The molecular weight excluding hydrogens is 831 g/mol. The minimum Gasteiger partial charge on any atom is -0.324 e. The minimum atomic E-state index is -0.720. The minimum absolute atomic E-state index is 0.545. The lowest BCUT2D eigenvalue weighted by Crippen LogP contribution is -2.44. The molecule has 3 nitrogen and oxygen atoms in total. The van der Waals surface area contributed by atoms with Crippen molar-refractivity contribution >= 4 is 39.8 Å². The molecular formula is C63H41N3S. The Morgan fingerprint density at radius 3 is 1.73 bits per heavy atom. The molecule has 0 radical (unpaired) electrons. The number of hydrogen-bond acceptors (Lipinski definition) is 4. The van der Waals surface area contributed by atoms with E-state index in [9.17, 15) is 0 Å². The molecule has 14 rings (SSSR count). The monoisotopic (exact) mass is 871 g/mol. The van der Waals surface area contributed by atoms with Crippen LogP contribution in [0.4, 0.5) is 0 Å². The zero-order valence-electron chi connectivity index (χ0n) is 36.4. The molecule has 67 heavy (non-hydrogen) atoms. The Morgan fingerprint density at radius 2 is 1.00 bits per heavy atom. The van der Waals surface area contributed by atoms with Gasteiger partial charge in [-0.05, 0) is 94.1 Å². The highest BCUT2D eigenvalue weighted by Gasteiger charge is 2.60. The van der Waals surface area contributed by atoms with Gasteiger partial charge in [0, 0.05) is 21.6 Å². The summed E-state index contributed by atoms with van der Waals surface area (Å²) >= 11 is 1.80. The third-order valence-corrected chi connectivity index (χ3v) is 15.8. The topological polar surface area (TPSA) is 36.8 Å². The van der Waals surface area contributed by atoms with Gasteiger partial charge in [0.2, 0.25) is 0 Å². The summed E-state index contributed by atoms with van der Waals surface area (Å²) in [6.45, 7) is 4.67. The summed E-state index contributed by atoms with van der Waals surface area (Å²) < 4.78 is 0. The van der Waals surface area contributed by atoms with Crippen molar-refractivity contribution in [2.75, 3.05) is 0 Å². The molecule has 1 unspecified atom stereocenters. The summed E-state index contributed by atoms with van der Waals surface area (Å²) in [4.78, 5) is 12.4. The second-order valence-electron chi connectivity index (χ2n) is 18.0. The average Bonchev–Trinajstić information content (AvgIpc) is 3.86. The number of hydrogen-bond donors (Lipinski definition) is 1. The van der Waals surface area contributed by atoms with Gasteiger partial charge in [0.15, 0.2) is 6.17 Å². The van der Waals surface area contributed by atoms with Crippen LogP contribution in [0.2, 0.25) is 0 Å². The van der Waals surface area contributed by atoms with E-state index in [1.54, 1.807) is 11.8 Å². The molecule has 4 heteroatoms. The molecule has 2 spiro atoms. The maximum atomic E-state index is 5.63. The van der Waals surface area contributed by atoms with Gasteiger partial charge in [0.05, 0.1) is 10.8 Å². The predicted octanol–water partition coefficient (Wildman–Crippen LogP) is 14.6. The smallest absolute Gasteiger partial charge is 0.170 e. The van der Waals surface area contributed by atoms with E-state index in [-0.39, 0.29) is 0 Å². The zero-order chi connectivity index (χ0) is 44.3. The van der Waals surface area contributed by atoms with Gasteiger partial charge >= 0.3 is 0 Å². The van der Waals surface area contributed by atoms with Crippen LogP contribution in [0.15, 0.2) is 245 Å². The maximum Gasteiger partial charge on any atom is 0.170 e.